The molecule has 0 aromatic carbocycles. The van der Waals surface area contributed by atoms with Gasteiger partial charge in [-0.2, -0.15) is 0 Å². The summed E-state index contributed by atoms with van der Waals surface area (Å²) in [4.78, 5) is 10.8. The van der Waals surface area contributed by atoms with E-state index >= 15 is 0 Å². The first-order valence-corrected chi connectivity index (χ1v) is 6.31. The molecule has 0 spiro atoms. The van der Waals surface area contributed by atoms with Crippen LogP contribution in [0, 0.1) is 47.4 Å². The topological polar surface area (TPSA) is 46.5 Å². The molecule has 104 valence electrons. The number of ether oxygens (including phenoxy) is 1. The summed E-state index contributed by atoms with van der Waals surface area (Å²) >= 11 is 0. The summed E-state index contributed by atoms with van der Waals surface area (Å²) < 4.78 is 4.52. The minimum absolute atomic E-state index is 0.125. The fraction of sp³-hybridized carbons (Fsp3) is 0.471. The molecule has 0 rings (SSSR count). The number of rotatable bonds is 3. The first-order valence-electron chi connectivity index (χ1n) is 6.31. The van der Waals surface area contributed by atoms with Gasteiger partial charge in [0.25, 0.3) is 0 Å². The lowest BCUT2D eigenvalue weighted by Crippen LogP contribution is -1.98. The summed E-state index contributed by atoms with van der Waals surface area (Å²) in [6.45, 7) is -0.125. The van der Waals surface area contributed by atoms with E-state index in [1.165, 1.54) is 7.11 Å². The van der Waals surface area contributed by atoms with E-state index in [1.54, 1.807) is 0 Å². The smallest absolute Gasteiger partial charge is 0.305 e. The van der Waals surface area contributed by atoms with E-state index in [0.29, 0.717) is 38.5 Å². The maximum Gasteiger partial charge on any atom is 0.305 e. The molecule has 0 aromatic heterocycles. The first-order chi connectivity index (χ1) is 9.81. The minimum Gasteiger partial charge on any atom is -0.469 e. The summed E-state index contributed by atoms with van der Waals surface area (Å²) in [5.74, 6) is 22.4. The van der Waals surface area contributed by atoms with Gasteiger partial charge in [0.2, 0.25) is 0 Å². The number of methoxy groups -OCH3 is 1. The Labute approximate surface area is 121 Å². The zero-order valence-corrected chi connectivity index (χ0v) is 11.7. The van der Waals surface area contributed by atoms with Crippen LogP contribution in [-0.2, 0) is 9.53 Å². The van der Waals surface area contributed by atoms with Gasteiger partial charge in [0.05, 0.1) is 26.4 Å². The van der Waals surface area contributed by atoms with Crippen LogP contribution < -0.4 is 0 Å². The van der Waals surface area contributed by atoms with Crippen LogP contribution in [0.15, 0.2) is 0 Å². The minimum atomic E-state index is -0.200. The Morgan fingerprint density at radius 1 is 0.900 bits per heavy atom. The third-order valence-corrected chi connectivity index (χ3v) is 2.02. The lowest BCUT2D eigenvalue weighted by Gasteiger charge is -1.93. The molecule has 0 aliphatic rings. The van der Waals surface area contributed by atoms with Gasteiger partial charge in [0.15, 0.2) is 0 Å². The number of esters is 1. The van der Waals surface area contributed by atoms with E-state index in [2.05, 4.69) is 52.1 Å². The third kappa shape index (κ3) is 13.7. The molecular formula is C17H18O3. The van der Waals surface area contributed by atoms with Crippen molar-refractivity contribution in [1.82, 2.24) is 0 Å². The fourth-order valence-electron chi connectivity index (χ4n) is 1.08. The molecule has 0 saturated carbocycles. The van der Waals surface area contributed by atoms with Gasteiger partial charge in [-0.3, -0.25) is 4.79 Å². The number of aliphatic hydroxyl groups excluding tert-OH is 1. The molecular weight excluding hydrogens is 252 g/mol. The van der Waals surface area contributed by atoms with Crippen LogP contribution in [0.25, 0.3) is 0 Å². The SMILES string of the molecule is COC(=O)CCCC#CCC#CCC#CCC#CCO. The van der Waals surface area contributed by atoms with Crippen molar-refractivity contribution >= 4 is 5.97 Å². The maximum atomic E-state index is 10.8. The van der Waals surface area contributed by atoms with Gasteiger partial charge in [-0.1, -0.05) is 41.4 Å². The van der Waals surface area contributed by atoms with Gasteiger partial charge >= 0.3 is 5.97 Å². The van der Waals surface area contributed by atoms with Crippen LogP contribution in [-0.4, -0.2) is 24.8 Å². The molecule has 3 heteroatoms. The third-order valence-electron chi connectivity index (χ3n) is 2.02. The van der Waals surface area contributed by atoms with Gasteiger partial charge in [0, 0.05) is 12.8 Å². The van der Waals surface area contributed by atoms with Crippen LogP contribution in [0.1, 0.15) is 38.5 Å². The van der Waals surface area contributed by atoms with Crippen molar-refractivity contribution in [2.75, 3.05) is 13.7 Å². The molecule has 0 bridgehead atoms. The van der Waals surface area contributed by atoms with Gasteiger partial charge in [-0.15, -0.1) is 5.92 Å². The van der Waals surface area contributed by atoms with Crippen LogP contribution >= 0.6 is 0 Å². The van der Waals surface area contributed by atoms with Crippen molar-refractivity contribution in [3.63, 3.8) is 0 Å². The number of carbonyl (C=O) groups is 1. The average molecular weight is 270 g/mol. The van der Waals surface area contributed by atoms with Crippen molar-refractivity contribution in [2.45, 2.75) is 38.5 Å². The van der Waals surface area contributed by atoms with Crippen molar-refractivity contribution in [3.8, 4) is 47.4 Å². The zero-order valence-electron chi connectivity index (χ0n) is 11.7. The molecule has 1 N–H and O–H groups in total. The molecule has 0 aliphatic heterocycles. The van der Waals surface area contributed by atoms with Crippen molar-refractivity contribution < 1.29 is 14.6 Å². The standard InChI is InChI=1S/C17H18O3/c1-20-17(19)15-13-11-9-7-5-3-2-4-6-8-10-12-14-16-18/h18H,4-5,10-11,13,15-16H2,1H3. The van der Waals surface area contributed by atoms with E-state index in [9.17, 15) is 4.79 Å². The Morgan fingerprint density at radius 3 is 1.90 bits per heavy atom. The summed E-state index contributed by atoms with van der Waals surface area (Å²) in [5, 5.41) is 8.40. The van der Waals surface area contributed by atoms with Crippen molar-refractivity contribution in [1.29, 1.82) is 0 Å². The number of hydrogen-bond donors (Lipinski definition) is 1. The fourth-order valence-corrected chi connectivity index (χ4v) is 1.08. The Bertz CT molecular complexity index is 516. The van der Waals surface area contributed by atoms with E-state index in [4.69, 9.17) is 5.11 Å². The molecule has 0 aromatic rings. The largest absolute Gasteiger partial charge is 0.469 e. The zero-order chi connectivity index (χ0) is 14.9. The summed E-state index contributed by atoms with van der Waals surface area (Å²) in [6.07, 6.45) is 3.29. The summed E-state index contributed by atoms with van der Waals surface area (Å²) in [6, 6.07) is 0. The van der Waals surface area contributed by atoms with Crippen LogP contribution in [0.3, 0.4) is 0 Å². The Balaban J connectivity index is 3.61. The molecule has 0 aliphatic carbocycles. The quantitative estimate of drug-likeness (QED) is 0.480. The second kappa shape index (κ2) is 14.7. The average Bonchev–Trinajstić information content (AvgIpc) is 2.47. The second-order valence-electron chi connectivity index (χ2n) is 3.53. The summed E-state index contributed by atoms with van der Waals surface area (Å²) in [5.41, 5.74) is 0. The molecule has 20 heavy (non-hydrogen) atoms. The molecule has 3 nitrogen and oxygen atoms in total. The first kappa shape index (κ1) is 17.7. The normalized spacial score (nSPS) is 7.50. The van der Waals surface area contributed by atoms with Crippen molar-refractivity contribution in [2.24, 2.45) is 0 Å². The van der Waals surface area contributed by atoms with E-state index in [0.717, 1.165) is 0 Å². The van der Waals surface area contributed by atoms with Gasteiger partial charge in [0.1, 0.15) is 6.61 Å². The Hall–Kier alpha value is -2.33. The molecule has 0 heterocycles. The lowest BCUT2D eigenvalue weighted by atomic mass is 10.2. The highest BCUT2D eigenvalue weighted by molar-refractivity contribution is 5.69. The molecule has 0 amide bonds. The number of carbonyl (C=O) groups excluding carboxylic acids is 1. The number of unbranched alkanes of at least 4 members (excludes halogenated alkanes) is 1. The van der Waals surface area contributed by atoms with Gasteiger partial charge in [-0.25, -0.2) is 0 Å². The van der Waals surface area contributed by atoms with Crippen molar-refractivity contribution in [3.05, 3.63) is 0 Å². The molecule has 0 saturated heterocycles. The molecule has 0 unspecified atom stereocenters. The van der Waals surface area contributed by atoms with Crippen LogP contribution in [0.2, 0.25) is 0 Å². The number of hydrogen-bond acceptors (Lipinski definition) is 3. The monoisotopic (exact) mass is 270 g/mol. The van der Waals surface area contributed by atoms with Gasteiger partial charge in [-0.05, 0) is 6.42 Å². The second-order valence-corrected chi connectivity index (χ2v) is 3.53. The molecule has 0 fully saturated rings. The van der Waals surface area contributed by atoms with Crippen LogP contribution in [0.5, 0.6) is 0 Å². The van der Waals surface area contributed by atoms with E-state index in [-0.39, 0.29) is 12.6 Å². The highest BCUT2D eigenvalue weighted by Crippen LogP contribution is 1.95. The molecule has 0 radical (unpaired) electrons. The highest BCUT2D eigenvalue weighted by Gasteiger charge is 1.96. The van der Waals surface area contributed by atoms with E-state index < -0.39 is 0 Å². The maximum absolute atomic E-state index is 10.8. The highest BCUT2D eigenvalue weighted by atomic mass is 16.5. The molecule has 0 atom stereocenters. The van der Waals surface area contributed by atoms with Gasteiger partial charge < -0.3 is 9.84 Å². The Kier molecular flexibility index (Phi) is 13.0. The van der Waals surface area contributed by atoms with Crippen LogP contribution in [0.4, 0.5) is 0 Å². The predicted molar refractivity (Wildman–Crippen MR) is 77.9 cm³/mol. The van der Waals surface area contributed by atoms with E-state index in [1.807, 2.05) is 0 Å². The predicted octanol–water partition coefficient (Wildman–Crippen LogP) is 1.51. The lowest BCUT2D eigenvalue weighted by molar-refractivity contribution is -0.140. The number of aliphatic hydroxyl groups is 1. The Morgan fingerprint density at radius 2 is 1.40 bits per heavy atom. The summed E-state index contributed by atoms with van der Waals surface area (Å²) in [7, 11) is 1.38.